The van der Waals surface area contributed by atoms with Crippen LogP contribution in [0.15, 0.2) is 0 Å². The second-order valence-electron chi connectivity index (χ2n) is 10.0. The van der Waals surface area contributed by atoms with Crippen molar-refractivity contribution < 1.29 is 19.9 Å². The largest absolute Gasteiger partial charge is 0.200 e. The summed E-state index contributed by atoms with van der Waals surface area (Å²) < 4.78 is 0. The minimum atomic E-state index is 0.129. The van der Waals surface area contributed by atoms with Crippen LogP contribution in [0.5, 0.6) is 0 Å². The minimum absolute atomic E-state index is 0.129. The molecule has 0 saturated heterocycles. The maximum Gasteiger partial charge on any atom is 0.0962 e. The Hall–Kier alpha value is -0.160. The summed E-state index contributed by atoms with van der Waals surface area (Å²) in [6, 6.07) is 0. The highest BCUT2D eigenvalue weighted by atomic mass is 17.7. The van der Waals surface area contributed by atoms with Gasteiger partial charge in [0.1, 0.15) is 0 Å². The van der Waals surface area contributed by atoms with Crippen LogP contribution in [0.3, 0.4) is 0 Å². The molecule has 2 saturated carbocycles. The molecule has 0 N–H and O–H groups in total. The first kappa shape index (κ1) is 20.2. The Kier molecular flexibility index (Phi) is 7.12. The van der Waals surface area contributed by atoms with Crippen molar-refractivity contribution in [3.63, 3.8) is 0 Å². The summed E-state index contributed by atoms with van der Waals surface area (Å²) in [7, 11) is 0. The zero-order valence-electron chi connectivity index (χ0n) is 16.6. The van der Waals surface area contributed by atoms with Crippen molar-refractivity contribution in [3.8, 4) is 0 Å². The summed E-state index contributed by atoms with van der Waals surface area (Å²) in [6.07, 6.45) is 9.13. The standard InChI is InChI=1S/C20H38O4/c1-19(2,3)15-7-11-17(12-8-15)21-23-24-22-18-13-9-16(10-14-18)20(4,5)6/h15-18H,7-14H2,1-6H3. The van der Waals surface area contributed by atoms with Gasteiger partial charge in [0.25, 0.3) is 0 Å². The van der Waals surface area contributed by atoms with Gasteiger partial charge >= 0.3 is 0 Å². The Morgan fingerprint density at radius 3 is 1.04 bits per heavy atom. The summed E-state index contributed by atoms with van der Waals surface area (Å²) in [5.41, 5.74) is 0.772. The third-order valence-corrected chi connectivity index (χ3v) is 6.18. The monoisotopic (exact) mass is 342 g/mol. The first-order chi connectivity index (χ1) is 11.2. The molecule has 4 heteroatoms. The molecule has 0 heterocycles. The molecule has 24 heavy (non-hydrogen) atoms. The van der Waals surface area contributed by atoms with Crippen molar-refractivity contribution in [2.24, 2.45) is 22.7 Å². The van der Waals surface area contributed by atoms with Crippen LogP contribution in [0.1, 0.15) is 92.9 Å². The average molecular weight is 343 g/mol. The van der Waals surface area contributed by atoms with E-state index in [2.05, 4.69) is 41.5 Å². The fourth-order valence-corrected chi connectivity index (χ4v) is 4.19. The van der Waals surface area contributed by atoms with Crippen LogP contribution >= 0.6 is 0 Å². The highest BCUT2D eigenvalue weighted by molar-refractivity contribution is 4.81. The lowest BCUT2D eigenvalue weighted by Crippen LogP contribution is -2.30. The normalized spacial score (nSPS) is 32.8. The van der Waals surface area contributed by atoms with Crippen molar-refractivity contribution in [2.45, 2.75) is 105 Å². The van der Waals surface area contributed by atoms with Crippen LogP contribution < -0.4 is 0 Å². The molecule has 4 nitrogen and oxygen atoms in total. The van der Waals surface area contributed by atoms with Gasteiger partial charge in [-0.05, 0) is 84.1 Å². The number of rotatable bonds is 5. The number of hydrogen-bond acceptors (Lipinski definition) is 4. The quantitative estimate of drug-likeness (QED) is 0.348. The van der Waals surface area contributed by atoms with Gasteiger partial charge in [-0.25, -0.2) is 9.78 Å². The number of hydrogen-bond donors (Lipinski definition) is 0. The van der Waals surface area contributed by atoms with E-state index in [9.17, 15) is 0 Å². The van der Waals surface area contributed by atoms with Crippen molar-refractivity contribution in [1.29, 1.82) is 0 Å². The second kappa shape index (κ2) is 8.48. The van der Waals surface area contributed by atoms with Gasteiger partial charge in [0.2, 0.25) is 0 Å². The molecule has 0 aromatic carbocycles. The summed E-state index contributed by atoms with van der Waals surface area (Å²) in [4.78, 5) is 10.7. The summed E-state index contributed by atoms with van der Waals surface area (Å²) >= 11 is 0. The van der Waals surface area contributed by atoms with E-state index in [4.69, 9.17) is 19.9 Å². The van der Waals surface area contributed by atoms with Crippen LogP contribution in [0, 0.1) is 22.7 Å². The van der Waals surface area contributed by atoms with E-state index in [1.807, 2.05) is 0 Å². The van der Waals surface area contributed by atoms with Crippen LogP contribution in [0.25, 0.3) is 0 Å². The fraction of sp³-hybridized carbons (Fsp3) is 1.00. The molecule has 2 aliphatic carbocycles. The Morgan fingerprint density at radius 2 is 0.792 bits per heavy atom. The third kappa shape index (κ3) is 6.29. The molecule has 0 spiro atoms. The van der Waals surface area contributed by atoms with E-state index >= 15 is 0 Å². The van der Waals surface area contributed by atoms with E-state index < -0.39 is 0 Å². The highest BCUT2D eigenvalue weighted by Gasteiger charge is 2.32. The molecule has 0 aromatic heterocycles. The molecule has 0 amide bonds. The molecule has 2 fully saturated rings. The van der Waals surface area contributed by atoms with E-state index in [0.29, 0.717) is 10.8 Å². The van der Waals surface area contributed by atoms with Crippen molar-refractivity contribution in [1.82, 2.24) is 0 Å². The lowest BCUT2D eigenvalue weighted by atomic mass is 9.72. The van der Waals surface area contributed by atoms with Gasteiger partial charge in [0.05, 0.1) is 12.2 Å². The first-order valence-electron chi connectivity index (χ1n) is 9.81. The maximum absolute atomic E-state index is 5.36. The fourth-order valence-electron chi connectivity index (χ4n) is 4.19. The maximum atomic E-state index is 5.36. The molecular weight excluding hydrogens is 304 g/mol. The van der Waals surface area contributed by atoms with Crippen molar-refractivity contribution >= 4 is 0 Å². The van der Waals surface area contributed by atoms with Crippen LogP contribution in [-0.4, -0.2) is 12.2 Å². The molecule has 0 atom stereocenters. The van der Waals surface area contributed by atoms with E-state index in [1.54, 1.807) is 0 Å². The zero-order chi connectivity index (χ0) is 17.8. The van der Waals surface area contributed by atoms with Gasteiger partial charge in [-0.1, -0.05) is 41.5 Å². The molecule has 2 rings (SSSR count). The van der Waals surface area contributed by atoms with Gasteiger partial charge < -0.3 is 0 Å². The molecular formula is C20H38O4. The lowest BCUT2D eigenvalue weighted by Gasteiger charge is -2.36. The summed E-state index contributed by atoms with van der Waals surface area (Å²) in [6.45, 7) is 13.9. The summed E-state index contributed by atoms with van der Waals surface area (Å²) in [5, 5.41) is 9.74. The third-order valence-electron chi connectivity index (χ3n) is 6.18. The van der Waals surface area contributed by atoms with Crippen LogP contribution in [0.4, 0.5) is 0 Å². The molecule has 0 unspecified atom stereocenters. The van der Waals surface area contributed by atoms with E-state index in [-0.39, 0.29) is 12.2 Å². The van der Waals surface area contributed by atoms with Crippen LogP contribution in [-0.2, 0) is 19.9 Å². The topological polar surface area (TPSA) is 36.9 Å². The van der Waals surface area contributed by atoms with Gasteiger partial charge in [-0.3, -0.25) is 0 Å². The Morgan fingerprint density at radius 1 is 0.500 bits per heavy atom. The molecule has 0 bridgehead atoms. The van der Waals surface area contributed by atoms with Crippen molar-refractivity contribution in [2.75, 3.05) is 0 Å². The van der Waals surface area contributed by atoms with Gasteiger partial charge in [0.15, 0.2) is 0 Å². The van der Waals surface area contributed by atoms with Crippen LogP contribution in [0.2, 0.25) is 0 Å². The first-order valence-corrected chi connectivity index (χ1v) is 9.81. The molecule has 0 aliphatic heterocycles. The van der Waals surface area contributed by atoms with Gasteiger partial charge in [0, 0.05) is 0 Å². The second-order valence-corrected chi connectivity index (χ2v) is 10.0. The molecule has 2 aliphatic rings. The highest BCUT2D eigenvalue weighted by Crippen LogP contribution is 2.39. The smallest absolute Gasteiger partial charge is 0.0962 e. The average Bonchev–Trinajstić information content (AvgIpc) is 2.51. The molecule has 0 radical (unpaired) electrons. The van der Waals surface area contributed by atoms with Gasteiger partial charge in [-0.15, -0.1) is 0 Å². The van der Waals surface area contributed by atoms with Crippen molar-refractivity contribution in [3.05, 3.63) is 0 Å². The Labute approximate surface area is 148 Å². The summed E-state index contributed by atoms with van der Waals surface area (Å²) in [5.74, 6) is 1.54. The Bertz CT molecular complexity index is 317. The predicted octanol–water partition coefficient (Wildman–Crippen LogP) is 6.01. The zero-order valence-corrected chi connectivity index (χ0v) is 16.6. The molecule has 0 aromatic rings. The molecule has 142 valence electrons. The lowest BCUT2D eigenvalue weighted by molar-refractivity contribution is -0.650. The minimum Gasteiger partial charge on any atom is -0.200 e. The SMILES string of the molecule is CC(C)(C)C1CCC(OOOOC2CCC(C(C)(C)C)CC2)CC1. The Balaban J connectivity index is 1.54. The van der Waals surface area contributed by atoms with Gasteiger partial charge in [-0.2, -0.15) is 0 Å². The van der Waals surface area contributed by atoms with E-state index in [1.165, 1.54) is 25.7 Å². The van der Waals surface area contributed by atoms with E-state index in [0.717, 1.165) is 37.5 Å². The predicted molar refractivity (Wildman–Crippen MR) is 94.7 cm³/mol.